The minimum atomic E-state index is -0.126. The molecule has 1 amide bonds. The molecule has 0 radical (unpaired) electrons. The maximum Gasteiger partial charge on any atom is 0.244 e. The zero-order valence-electron chi connectivity index (χ0n) is 12.7. The highest BCUT2D eigenvalue weighted by atomic mass is 16.5. The highest BCUT2D eigenvalue weighted by Crippen LogP contribution is 2.22. The minimum absolute atomic E-state index is 0.126. The zero-order valence-corrected chi connectivity index (χ0v) is 12.7. The van der Waals surface area contributed by atoms with E-state index in [0.29, 0.717) is 37.8 Å². The Kier molecular flexibility index (Phi) is 7.97. The van der Waals surface area contributed by atoms with Gasteiger partial charge in [-0.2, -0.15) is 0 Å². The standard InChI is InChI=1S/C16H24N2O3/c1-3-20-11-5-10-18-16(19)9-7-13-6-8-15(21-4-2)14(17)12-13/h6-9,12H,3-5,10-11,17H2,1-2H3,(H,18,19)/b9-7-. The van der Waals surface area contributed by atoms with Crippen molar-refractivity contribution in [1.82, 2.24) is 5.32 Å². The Morgan fingerprint density at radius 3 is 2.81 bits per heavy atom. The van der Waals surface area contributed by atoms with Crippen LogP contribution in [0.15, 0.2) is 24.3 Å². The molecule has 0 atom stereocenters. The van der Waals surface area contributed by atoms with E-state index in [-0.39, 0.29) is 5.91 Å². The van der Waals surface area contributed by atoms with Crippen LogP contribution in [0.1, 0.15) is 25.8 Å². The summed E-state index contributed by atoms with van der Waals surface area (Å²) in [6.07, 6.45) is 4.03. The second-order valence-electron chi connectivity index (χ2n) is 4.41. The molecule has 3 N–H and O–H groups in total. The summed E-state index contributed by atoms with van der Waals surface area (Å²) in [5.41, 5.74) is 7.29. The van der Waals surface area contributed by atoms with Crippen LogP contribution in [0.2, 0.25) is 0 Å². The fraction of sp³-hybridized carbons (Fsp3) is 0.438. The molecule has 0 aliphatic rings. The summed E-state index contributed by atoms with van der Waals surface area (Å²) >= 11 is 0. The van der Waals surface area contributed by atoms with Crippen LogP contribution in [0.4, 0.5) is 5.69 Å². The molecule has 21 heavy (non-hydrogen) atoms. The predicted octanol–water partition coefficient (Wildman–Crippen LogP) is 2.22. The first-order valence-electron chi connectivity index (χ1n) is 7.23. The molecule has 1 aromatic carbocycles. The van der Waals surface area contributed by atoms with Gasteiger partial charge in [0, 0.05) is 25.8 Å². The van der Waals surface area contributed by atoms with Crippen LogP contribution < -0.4 is 15.8 Å². The van der Waals surface area contributed by atoms with E-state index in [1.165, 1.54) is 6.08 Å². The van der Waals surface area contributed by atoms with Gasteiger partial charge in [-0.15, -0.1) is 0 Å². The predicted molar refractivity (Wildman–Crippen MR) is 85.2 cm³/mol. The zero-order chi connectivity index (χ0) is 15.5. The number of benzene rings is 1. The summed E-state index contributed by atoms with van der Waals surface area (Å²) in [6.45, 7) is 6.40. The summed E-state index contributed by atoms with van der Waals surface area (Å²) in [6, 6.07) is 5.45. The molecule has 0 aliphatic heterocycles. The van der Waals surface area contributed by atoms with Gasteiger partial charge >= 0.3 is 0 Å². The Labute approximate surface area is 126 Å². The second kappa shape index (κ2) is 9.83. The molecule has 5 nitrogen and oxygen atoms in total. The van der Waals surface area contributed by atoms with Crippen molar-refractivity contribution in [3.05, 3.63) is 29.8 Å². The van der Waals surface area contributed by atoms with Gasteiger partial charge in [-0.1, -0.05) is 6.07 Å². The summed E-state index contributed by atoms with van der Waals surface area (Å²) in [7, 11) is 0. The van der Waals surface area contributed by atoms with Crippen molar-refractivity contribution in [3.8, 4) is 5.75 Å². The first-order valence-corrected chi connectivity index (χ1v) is 7.23. The Morgan fingerprint density at radius 2 is 2.14 bits per heavy atom. The van der Waals surface area contributed by atoms with Gasteiger partial charge in [-0.25, -0.2) is 0 Å². The van der Waals surface area contributed by atoms with E-state index in [0.717, 1.165) is 12.0 Å². The number of hydrogen-bond donors (Lipinski definition) is 2. The lowest BCUT2D eigenvalue weighted by molar-refractivity contribution is -0.116. The van der Waals surface area contributed by atoms with Crippen LogP contribution in [0, 0.1) is 0 Å². The fourth-order valence-electron chi connectivity index (χ4n) is 1.72. The summed E-state index contributed by atoms with van der Waals surface area (Å²) in [5, 5.41) is 2.80. The lowest BCUT2D eigenvalue weighted by atomic mass is 10.1. The normalized spacial score (nSPS) is 10.8. The third-order valence-corrected chi connectivity index (χ3v) is 2.73. The maximum atomic E-state index is 11.6. The molecule has 0 bridgehead atoms. The van der Waals surface area contributed by atoms with Crippen molar-refractivity contribution in [2.75, 3.05) is 32.1 Å². The van der Waals surface area contributed by atoms with E-state index in [1.807, 2.05) is 19.9 Å². The van der Waals surface area contributed by atoms with E-state index in [4.69, 9.17) is 15.2 Å². The molecule has 0 spiro atoms. The molecule has 0 aromatic heterocycles. The molecule has 0 unspecified atom stereocenters. The van der Waals surface area contributed by atoms with Crippen molar-refractivity contribution >= 4 is 17.7 Å². The van der Waals surface area contributed by atoms with E-state index >= 15 is 0 Å². The summed E-state index contributed by atoms with van der Waals surface area (Å²) in [5.74, 6) is 0.536. The lowest BCUT2D eigenvalue weighted by Crippen LogP contribution is -2.23. The number of rotatable bonds is 9. The van der Waals surface area contributed by atoms with Gasteiger partial charge in [0.1, 0.15) is 5.75 Å². The van der Waals surface area contributed by atoms with Gasteiger partial charge < -0.3 is 20.5 Å². The number of hydrogen-bond acceptors (Lipinski definition) is 4. The van der Waals surface area contributed by atoms with Crippen LogP contribution >= 0.6 is 0 Å². The number of amides is 1. The van der Waals surface area contributed by atoms with Crippen LogP contribution in [-0.2, 0) is 9.53 Å². The number of nitrogen functional groups attached to an aromatic ring is 1. The first-order chi connectivity index (χ1) is 10.2. The Hall–Kier alpha value is -2.01. The second-order valence-corrected chi connectivity index (χ2v) is 4.41. The van der Waals surface area contributed by atoms with Gasteiger partial charge in [0.25, 0.3) is 0 Å². The maximum absolute atomic E-state index is 11.6. The van der Waals surface area contributed by atoms with E-state index < -0.39 is 0 Å². The van der Waals surface area contributed by atoms with E-state index in [9.17, 15) is 4.79 Å². The number of ether oxygens (including phenoxy) is 2. The molecule has 0 fully saturated rings. The van der Waals surface area contributed by atoms with Crippen molar-refractivity contribution in [2.24, 2.45) is 0 Å². The largest absolute Gasteiger partial charge is 0.492 e. The molecule has 1 aromatic rings. The fourth-order valence-corrected chi connectivity index (χ4v) is 1.72. The number of carbonyl (C=O) groups is 1. The quantitative estimate of drug-likeness (QED) is 0.416. The van der Waals surface area contributed by atoms with Gasteiger partial charge in [-0.3, -0.25) is 4.79 Å². The molecule has 0 saturated heterocycles. The average molecular weight is 292 g/mol. The molecule has 116 valence electrons. The average Bonchev–Trinajstić information content (AvgIpc) is 2.47. The van der Waals surface area contributed by atoms with Crippen molar-refractivity contribution < 1.29 is 14.3 Å². The number of anilines is 1. The third-order valence-electron chi connectivity index (χ3n) is 2.73. The molecule has 5 heteroatoms. The van der Waals surface area contributed by atoms with Crippen LogP contribution in [0.5, 0.6) is 5.75 Å². The van der Waals surface area contributed by atoms with Gasteiger partial charge in [0.2, 0.25) is 5.91 Å². The van der Waals surface area contributed by atoms with Gasteiger partial charge in [0.05, 0.1) is 12.3 Å². The van der Waals surface area contributed by atoms with Crippen LogP contribution in [0.3, 0.4) is 0 Å². The van der Waals surface area contributed by atoms with Crippen molar-refractivity contribution in [1.29, 1.82) is 0 Å². The molecule has 0 aliphatic carbocycles. The third kappa shape index (κ3) is 6.81. The lowest BCUT2D eigenvalue weighted by Gasteiger charge is -2.07. The molecule has 0 heterocycles. The van der Waals surface area contributed by atoms with Crippen molar-refractivity contribution in [3.63, 3.8) is 0 Å². The SMILES string of the molecule is CCOCCCNC(=O)/C=C\c1ccc(OCC)c(N)c1. The number of carbonyl (C=O) groups excluding carboxylic acids is 1. The molecule has 1 rings (SSSR count). The molecular formula is C16H24N2O3. The number of nitrogens with one attached hydrogen (secondary N) is 1. The highest BCUT2D eigenvalue weighted by molar-refractivity contribution is 5.91. The summed E-state index contributed by atoms with van der Waals surface area (Å²) < 4.78 is 10.6. The smallest absolute Gasteiger partial charge is 0.244 e. The van der Waals surface area contributed by atoms with E-state index in [2.05, 4.69) is 5.32 Å². The van der Waals surface area contributed by atoms with E-state index in [1.54, 1.807) is 18.2 Å². The van der Waals surface area contributed by atoms with Gasteiger partial charge in [0.15, 0.2) is 0 Å². The Balaban J connectivity index is 2.41. The van der Waals surface area contributed by atoms with Crippen molar-refractivity contribution in [2.45, 2.75) is 20.3 Å². The topological polar surface area (TPSA) is 73.6 Å². The molecular weight excluding hydrogens is 268 g/mol. The van der Waals surface area contributed by atoms with Crippen LogP contribution in [0.25, 0.3) is 6.08 Å². The monoisotopic (exact) mass is 292 g/mol. The van der Waals surface area contributed by atoms with Crippen LogP contribution in [-0.4, -0.2) is 32.3 Å². The van der Waals surface area contributed by atoms with Gasteiger partial charge in [-0.05, 0) is 44.0 Å². The Bertz CT molecular complexity index is 473. The molecule has 0 saturated carbocycles. The number of nitrogens with two attached hydrogens (primary N) is 1. The summed E-state index contributed by atoms with van der Waals surface area (Å²) in [4.78, 5) is 11.6. The Morgan fingerprint density at radius 1 is 1.33 bits per heavy atom. The minimum Gasteiger partial charge on any atom is -0.492 e. The first kappa shape index (κ1) is 17.0. The highest BCUT2D eigenvalue weighted by Gasteiger charge is 2.00.